The second-order valence-electron chi connectivity index (χ2n) is 2.61. The van der Waals surface area contributed by atoms with Crippen molar-refractivity contribution in [1.29, 1.82) is 0 Å². The summed E-state index contributed by atoms with van der Waals surface area (Å²) < 4.78 is 5.01. The lowest BCUT2D eigenvalue weighted by molar-refractivity contribution is -0.0193. The van der Waals surface area contributed by atoms with E-state index in [9.17, 15) is 5.11 Å². The van der Waals surface area contributed by atoms with Gasteiger partial charge < -0.3 is 25.8 Å². The van der Waals surface area contributed by atoms with E-state index in [-0.39, 0.29) is 13.2 Å². The van der Waals surface area contributed by atoms with Gasteiger partial charge in [0.25, 0.3) is 0 Å². The number of aliphatic hydroxyl groups is 3. The highest BCUT2D eigenvalue weighted by Gasteiger charge is 2.41. The van der Waals surface area contributed by atoms with Crippen LogP contribution in [0.4, 0.5) is 0 Å². The molecule has 0 bridgehead atoms. The monoisotopic (exact) mass is 163 g/mol. The van der Waals surface area contributed by atoms with Crippen molar-refractivity contribution in [3.8, 4) is 0 Å². The van der Waals surface area contributed by atoms with Crippen molar-refractivity contribution in [2.75, 3.05) is 13.2 Å². The zero-order chi connectivity index (χ0) is 8.43. The summed E-state index contributed by atoms with van der Waals surface area (Å²) in [6, 6.07) is 0. The van der Waals surface area contributed by atoms with E-state index in [1.807, 2.05) is 0 Å². The van der Waals surface area contributed by atoms with Crippen LogP contribution < -0.4 is 5.73 Å². The van der Waals surface area contributed by atoms with Gasteiger partial charge in [0.15, 0.2) is 0 Å². The SMILES string of the molecule is NC[C@@H]1O[C@H](CO)[C@@H](O)[C@@H]1O. The molecule has 0 unspecified atom stereocenters. The van der Waals surface area contributed by atoms with Crippen molar-refractivity contribution < 1.29 is 20.1 Å². The minimum Gasteiger partial charge on any atom is -0.394 e. The molecular weight excluding hydrogens is 150 g/mol. The van der Waals surface area contributed by atoms with Gasteiger partial charge in [0.05, 0.1) is 12.7 Å². The van der Waals surface area contributed by atoms with Gasteiger partial charge in [0.1, 0.15) is 18.3 Å². The maximum Gasteiger partial charge on any atom is 0.111 e. The Hall–Kier alpha value is -0.200. The third-order valence-corrected chi connectivity index (χ3v) is 1.87. The van der Waals surface area contributed by atoms with Crippen LogP contribution in [0.25, 0.3) is 0 Å². The van der Waals surface area contributed by atoms with E-state index < -0.39 is 24.4 Å². The highest BCUT2D eigenvalue weighted by molar-refractivity contribution is 4.90. The third-order valence-electron chi connectivity index (χ3n) is 1.87. The Kier molecular flexibility index (Phi) is 2.80. The molecule has 0 saturated carbocycles. The minimum atomic E-state index is -1.02. The first-order valence-corrected chi connectivity index (χ1v) is 3.53. The molecule has 11 heavy (non-hydrogen) atoms. The molecule has 1 rings (SSSR count). The van der Waals surface area contributed by atoms with Crippen molar-refractivity contribution in [1.82, 2.24) is 0 Å². The van der Waals surface area contributed by atoms with Crippen LogP contribution in [0.3, 0.4) is 0 Å². The van der Waals surface area contributed by atoms with Gasteiger partial charge in [-0.2, -0.15) is 0 Å². The van der Waals surface area contributed by atoms with Crippen molar-refractivity contribution in [3.63, 3.8) is 0 Å². The van der Waals surface area contributed by atoms with E-state index in [0.29, 0.717) is 0 Å². The molecule has 4 atom stereocenters. The molecule has 1 heterocycles. The van der Waals surface area contributed by atoms with Crippen LogP contribution in [-0.4, -0.2) is 52.9 Å². The Morgan fingerprint density at radius 1 is 1.18 bits per heavy atom. The first kappa shape index (κ1) is 8.89. The van der Waals surface area contributed by atoms with E-state index in [1.54, 1.807) is 0 Å². The quantitative estimate of drug-likeness (QED) is 0.359. The van der Waals surface area contributed by atoms with Gasteiger partial charge in [-0.1, -0.05) is 0 Å². The molecule has 5 nitrogen and oxygen atoms in total. The zero-order valence-corrected chi connectivity index (χ0v) is 6.05. The Bertz CT molecular complexity index is 114. The molecule has 5 heteroatoms. The number of rotatable bonds is 2. The largest absolute Gasteiger partial charge is 0.394 e. The Morgan fingerprint density at radius 3 is 2.00 bits per heavy atom. The molecule has 0 aromatic rings. The van der Waals surface area contributed by atoms with E-state index in [1.165, 1.54) is 0 Å². The van der Waals surface area contributed by atoms with Crippen LogP contribution in [0.1, 0.15) is 0 Å². The van der Waals surface area contributed by atoms with Gasteiger partial charge >= 0.3 is 0 Å². The lowest BCUT2D eigenvalue weighted by atomic mass is 10.1. The summed E-state index contributed by atoms with van der Waals surface area (Å²) in [5, 5.41) is 27.0. The second-order valence-corrected chi connectivity index (χ2v) is 2.61. The third kappa shape index (κ3) is 1.52. The van der Waals surface area contributed by atoms with Crippen LogP contribution in [0, 0.1) is 0 Å². The smallest absolute Gasteiger partial charge is 0.111 e. The number of aliphatic hydroxyl groups excluding tert-OH is 3. The summed E-state index contributed by atoms with van der Waals surface area (Å²) in [4.78, 5) is 0. The van der Waals surface area contributed by atoms with Gasteiger partial charge in [-0.25, -0.2) is 0 Å². The summed E-state index contributed by atoms with van der Waals surface area (Å²) in [7, 11) is 0. The van der Waals surface area contributed by atoms with E-state index in [4.69, 9.17) is 20.7 Å². The molecule has 0 aliphatic carbocycles. The molecule has 66 valence electrons. The first-order valence-electron chi connectivity index (χ1n) is 3.53. The van der Waals surface area contributed by atoms with Gasteiger partial charge in [0, 0.05) is 6.54 Å². The molecule has 0 spiro atoms. The Balaban J connectivity index is 2.53. The van der Waals surface area contributed by atoms with E-state index in [2.05, 4.69) is 0 Å². The summed E-state index contributed by atoms with van der Waals surface area (Å²) in [5.41, 5.74) is 5.23. The Labute approximate surface area is 64.4 Å². The molecule has 0 aromatic carbocycles. The fourth-order valence-electron chi connectivity index (χ4n) is 1.17. The van der Waals surface area contributed by atoms with Crippen molar-refractivity contribution in [2.24, 2.45) is 5.73 Å². The lowest BCUT2D eigenvalue weighted by Crippen LogP contribution is -2.36. The van der Waals surface area contributed by atoms with Crippen LogP contribution in [-0.2, 0) is 4.74 Å². The fraction of sp³-hybridized carbons (Fsp3) is 1.00. The molecule has 1 saturated heterocycles. The number of ether oxygens (including phenoxy) is 1. The summed E-state index contributed by atoms with van der Waals surface area (Å²) in [6.07, 6.45) is -3.24. The molecule has 1 aliphatic heterocycles. The maximum absolute atomic E-state index is 9.19. The lowest BCUT2D eigenvalue weighted by Gasteiger charge is -2.11. The molecule has 0 aromatic heterocycles. The van der Waals surface area contributed by atoms with E-state index >= 15 is 0 Å². The minimum absolute atomic E-state index is 0.148. The topological polar surface area (TPSA) is 95.9 Å². The molecule has 1 fully saturated rings. The highest BCUT2D eigenvalue weighted by Crippen LogP contribution is 2.19. The van der Waals surface area contributed by atoms with Crippen LogP contribution in [0.5, 0.6) is 0 Å². The van der Waals surface area contributed by atoms with Crippen molar-refractivity contribution in [3.05, 3.63) is 0 Å². The van der Waals surface area contributed by atoms with Gasteiger partial charge in [-0.15, -0.1) is 0 Å². The second kappa shape index (κ2) is 3.46. The number of nitrogens with two attached hydrogens (primary N) is 1. The predicted molar refractivity (Wildman–Crippen MR) is 36.8 cm³/mol. The fourth-order valence-corrected chi connectivity index (χ4v) is 1.17. The van der Waals surface area contributed by atoms with Crippen molar-refractivity contribution in [2.45, 2.75) is 24.4 Å². The van der Waals surface area contributed by atoms with Crippen LogP contribution >= 0.6 is 0 Å². The normalized spacial score (nSPS) is 44.7. The molecular formula is C6H13NO4. The Morgan fingerprint density at radius 2 is 1.73 bits per heavy atom. The maximum atomic E-state index is 9.19. The highest BCUT2D eigenvalue weighted by atomic mass is 16.6. The standard InChI is InChI=1S/C6H13NO4/c7-1-3-5(9)6(10)4(2-8)11-3/h3-6,8-10H,1-2,7H2/t3-,4+,5+,6+/m0/s1. The average Bonchev–Trinajstić information content (AvgIpc) is 2.30. The first-order chi connectivity index (χ1) is 5.20. The predicted octanol–water partition coefficient (Wildman–Crippen LogP) is -2.57. The van der Waals surface area contributed by atoms with Gasteiger partial charge in [-0.05, 0) is 0 Å². The molecule has 0 radical (unpaired) electrons. The molecule has 5 N–H and O–H groups in total. The summed E-state index contributed by atoms with van der Waals surface area (Å²) >= 11 is 0. The molecule has 1 aliphatic rings. The van der Waals surface area contributed by atoms with Crippen LogP contribution in [0.15, 0.2) is 0 Å². The number of hydrogen-bond donors (Lipinski definition) is 4. The molecule has 0 amide bonds. The summed E-state index contributed by atoms with van der Waals surface area (Å²) in [5.74, 6) is 0. The summed E-state index contributed by atoms with van der Waals surface area (Å²) in [6.45, 7) is -0.149. The number of hydrogen-bond acceptors (Lipinski definition) is 5. The van der Waals surface area contributed by atoms with E-state index in [0.717, 1.165) is 0 Å². The van der Waals surface area contributed by atoms with Gasteiger partial charge in [0.2, 0.25) is 0 Å². The van der Waals surface area contributed by atoms with Crippen LogP contribution in [0.2, 0.25) is 0 Å². The average molecular weight is 163 g/mol. The van der Waals surface area contributed by atoms with Crippen molar-refractivity contribution >= 4 is 0 Å². The zero-order valence-electron chi connectivity index (χ0n) is 6.05. The van der Waals surface area contributed by atoms with Gasteiger partial charge in [-0.3, -0.25) is 0 Å².